The van der Waals surface area contributed by atoms with Gasteiger partial charge in [0.15, 0.2) is 17.5 Å². The van der Waals surface area contributed by atoms with Crippen molar-refractivity contribution in [3.8, 4) is 62.1 Å². The molecule has 0 amide bonds. The Balaban J connectivity index is 1.01. The Hall–Kier alpha value is -7.77. The van der Waals surface area contributed by atoms with Gasteiger partial charge in [0.25, 0.3) is 0 Å². The Morgan fingerprint density at radius 3 is 1.68 bits per heavy atom. The maximum atomic E-state index is 9.25. The third kappa shape index (κ3) is 5.91. The van der Waals surface area contributed by atoms with Crippen molar-refractivity contribution in [1.29, 1.82) is 0 Å². The molecule has 0 aliphatic rings. The first-order chi connectivity index (χ1) is 33.7. The highest BCUT2D eigenvalue weighted by Gasteiger charge is 2.20. The molecule has 0 spiro atoms. The standard InChI is InChI=1S/C57H34N4S2/c1-3-14-35(15-4-1)55-58-56(36-16-5-2-6-17-36)60-57(59-55)39-26-29-43-47-33-38(28-31-52(47)62-53(43)34-39)37-27-30-50(61-48-23-10-7-18-40(48)41-19-8-11-24-49(41)61)46(32-37)45-22-13-21-44-42-20-9-12-25-51(42)63-54(44)45/h1-34H/i7D,8D,18D,19D,23D,24D. The van der Waals surface area contributed by atoms with Crippen molar-refractivity contribution in [1.82, 2.24) is 19.5 Å². The monoisotopic (exact) mass is 844 g/mol. The largest absolute Gasteiger partial charge is 0.309 e. The van der Waals surface area contributed by atoms with Crippen LogP contribution >= 0.6 is 22.7 Å². The van der Waals surface area contributed by atoms with Crippen molar-refractivity contribution in [3.63, 3.8) is 0 Å². The van der Waals surface area contributed by atoms with Crippen molar-refractivity contribution in [2.75, 3.05) is 0 Å². The average molecular weight is 845 g/mol. The van der Waals surface area contributed by atoms with E-state index in [-0.39, 0.29) is 47.0 Å². The number of fused-ring (bicyclic) bond motifs is 9. The summed E-state index contributed by atoms with van der Waals surface area (Å²) in [6.07, 6.45) is 0. The smallest absolute Gasteiger partial charge is 0.164 e. The Kier molecular flexibility index (Phi) is 6.93. The number of thiophene rings is 2. The molecule has 0 saturated heterocycles. The quantitative estimate of drug-likeness (QED) is 0.167. The second-order valence-electron chi connectivity index (χ2n) is 15.5. The van der Waals surface area contributed by atoms with E-state index in [9.17, 15) is 2.74 Å². The van der Waals surface area contributed by atoms with Crippen molar-refractivity contribution in [2.45, 2.75) is 0 Å². The van der Waals surface area contributed by atoms with Crippen LogP contribution in [0.5, 0.6) is 0 Å². The molecular weight excluding hydrogens is 805 g/mol. The molecule has 0 atom stereocenters. The SMILES string of the molecule is [2H]c1cc([2H])c2c(c1[2H])c1c([2H])c([2H])cc([2H])c1n2-c1ccc(-c2ccc3sc4cc(-c5nc(-c6ccccc6)nc(-c6ccccc6)n5)ccc4c3c2)cc1-c1cccc2c1sc1ccccc12. The summed E-state index contributed by atoms with van der Waals surface area (Å²) in [5.41, 5.74) is 7.80. The van der Waals surface area contributed by atoms with Gasteiger partial charge in [0.1, 0.15) is 0 Å². The summed E-state index contributed by atoms with van der Waals surface area (Å²) < 4.78 is 60.1. The Labute approximate surface area is 379 Å². The topological polar surface area (TPSA) is 43.6 Å². The molecule has 294 valence electrons. The second-order valence-corrected chi connectivity index (χ2v) is 17.6. The summed E-state index contributed by atoms with van der Waals surface area (Å²) in [6, 6.07) is 56.0. The number of aromatic nitrogens is 4. The highest BCUT2D eigenvalue weighted by Crippen LogP contribution is 2.45. The third-order valence-corrected chi connectivity index (χ3v) is 14.2. The number of nitrogens with zero attached hydrogens (tertiary/aromatic N) is 4. The Morgan fingerprint density at radius 1 is 0.365 bits per heavy atom. The van der Waals surface area contributed by atoms with Crippen LogP contribution in [-0.4, -0.2) is 19.5 Å². The molecule has 9 aromatic carbocycles. The molecule has 0 aliphatic heterocycles. The predicted octanol–water partition coefficient (Wildman–Crippen LogP) is 16.0. The van der Waals surface area contributed by atoms with Crippen LogP contribution in [0.3, 0.4) is 0 Å². The first-order valence-corrected chi connectivity index (χ1v) is 22.2. The normalized spacial score (nSPS) is 13.1. The minimum Gasteiger partial charge on any atom is -0.309 e. The van der Waals surface area contributed by atoms with Crippen LogP contribution in [0.2, 0.25) is 0 Å². The molecule has 0 unspecified atom stereocenters. The fourth-order valence-corrected chi connectivity index (χ4v) is 11.2. The van der Waals surface area contributed by atoms with Crippen LogP contribution in [-0.2, 0) is 0 Å². The van der Waals surface area contributed by atoms with E-state index in [4.69, 9.17) is 20.4 Å². The summed E-state index contributed by atoms with van der Waals surface area (Å²) in [5.74, 6) is 1.82. The van der Waals surface area contributed by atoms with E-state index in [0.717, 1.165) is 79.3 Å². The number of hydrogen-bond acceptors (Lipinski definition) is 5. The lowest BCUT2D eigenvalue weighted by Crippen LogP contribution is -1.99. The van der Waals surface area contributed by atoms with E-state index in [2.05, 4.69) is 84.9 Å². The Morgan fingerprint density at radius 2 is 0.952 bits per heavy atom. The maximum Gasteiger partial charge on any atom is 0.164 e. The number of rotatable bonds is 6. The van der Waals surface area contributed by atoms with Gasteiger partial charge in [-0.3, -0.25) is 0 Å². The highest BCUT2D eigenvalue weighted by atomic mass is 32.1. The van der Waals surface area contributed by atoms with Crippen LogP contribution in [0.15, 0.2) is 206 Å². The number of benzene rings is 9. The molecule has 0 saturated carbocycles. The second kappa shape index (κ2) is 14.4. The van der Waals surface area contributed by atoms with Gasteiger partial charge in [-0.15, -0.1) is 22.7 Å². The van der Waals surface area contributed by atoms with Gasteiger partial charge in [-0.25, -0.2) is 15.0 Å². The van der Waals surface area contributed by atoms with Gasteiger partial charge in [0.2, 0.25) is 0 Å². The molecule has 13 rings (SSSR count). The summed E-state index contributed by atoms with van der Waals surface area (Å²) in [4.78, 5) is 14.9. The molecule has 4 aromatic heterocycles. The number of hydrogen-bond donors (Lipinski definition) is 0. The minimum absolute atomic E-state index is 0.00401. The van der Waals surface area contributed by atoms with Gasteiger partial charge in [0.05, 0.1) is 24.9 Å². The van der Waals surface area contributed by atoms with Crippen LogP contribution < -0.4 is 0 Å². The van der Waals surface area contributed by atoms with Gasteiger partial charge in [-0.2, -0.15) is 0 Å². The minimum atomic E-state index is -0.147. The summed E-state index contributed by atoms with van der Waals surface area (Å²) in [5, 5.41) is 4.96. The zero-order chi connectivity index (χ0) is 46.7. The van der Waals surface area contributed by atoms with E-state index < -0.39 is 0 Å². The first-order valence-electron chi connectivity index (χ1n) is 23.6. The van der Waals surface area contributed by atoms with Crippen LogP contribution in [0.1, 0.15) is 8.22 Å². The fraction of sp³-hybridized carbons (Fsp3) is 0. The lowest BCUT2D eigenvalue weighted by Gasteiger charge is -2.17. The maximum absolute atomic E-state index is 9.25. The molecule has 0 fully saturated rings. The molecule has 63 heavy (non-hydrogen) atoms. The van der Waals surface area contributed by atoms with E-state index >= 15 is 0 Å². The molecule has 0 bridgehead atoms. The third-order valence-electron chi connectivity index (χ3n) is 11.8. The van der Waals surface area contributed by atoms with Gasteiger partial charge in [-0.05, 0) is 59.6 Å². The molecule has 0 radical (unpaired) electrons. The van der Waals surface area contributed by atoms with E-state index in [0.29, 0.717) is 34.2 Å². The summed E-state index contributed by atoms with van der Waals surface area (Å²) >= 11 is 3.43. The fourth-order valence-electron chi connectivity index (χ4n) is 8.87. The van der Waals surface area contributed by atoms with E-state index in [1.807, 2.05) is 77.4 Å². The lowest BCUT2D eigenvalue weighted by molar-refractivity contribution is 1.07. The lowest BCUT2D eigenvalue weighted by atomic mass is 9.95. The van der Waals surface area contributed by atoms with Gasteiger partial charge in [-0.1, -0.05) is 158 Å². The molecule has 6 heteroatoms. The van der Waals surface area contributed by atoms with Crippen LogP contribution in [0, 0.1) is 0 Å². The molecular formula is C57H34N4S2. The van der Waals surface area contributed by atoms with Crippen LogP contribution in [0.25, 0.3) is 124 Å². The summed E-state index contributed by atoms with van der Waals surface area (Å²) in [6.45, 7) is 0. The summed E-state index contributed by atoms with van der Waals surface area (Å²) in [7, 11) is 0. The highest BCUT2D eigenvalue weighted by molar-refractivity contribution is 7.26. The first kappa shape index (κ1) is 30.3. The molecule has 0 aliphatic carbocycles. The zero-order valence-corrected chi connectivity index (χ0v) is 34.9. The van der Waals surface area contributed by atoms with E-state index in [1.54, 1.807) is 22.7 Å². The van der Waals surface area contributed by atoms with Gasteiger partial charge >= 0.3 is 0 Å². The number of para-hydroxylation sites is 2. The van der Waals surface area contributed by atoms with Gasteiger partial charge in [0, 0.05) is 78.9 Å². The Bertz CT molecular complexity index is 4150. The van der Waals surface area contributed by atoms with Crippen molar-refractivity contribution in [2.24, 2.45) is 0 Å². The molecule has 13 aromatic rings. The molecule has 4 heterocycles. The van der Waals surface area contributed by atoms with Crippen molar-refractivity contribution >= 4 is 84.8 Å². The van der Waals surface area contributed by atoms with Crippen molar-refractivity contribution in [3.05, 3.63) is 206 Å². The average Bonchev–Trinajstić information content (AvgIpc) is 4.08. The van der Waals surface area contributed by atoms with E-state index in [1.165, 1.54) is 12.1 Å². The predicted molar refractivity (Wildman–Crippen MR) is 267 cm³/mol. The molecule has 4 nitrogen and oxygen atoms in total. The van der Waals surface area contributed by atoms with Crippen LogP contribution in [0.4, 0.5) is 0 Å². The zero-order valence-electron chi connectivity index (χ0n) is 39.3. The molecule has 0 N–H and O–H groups in total. The van der Waals surface area contributed by atoms with Crippen molar-refractivity contribution < 1.29 is 8.22 Å². The van der Waals surface area contributed by atoms with Gasteiger partial charge < -0.3 is 4.57 Å².